The average molecular weight is 311 g/mol. The Morgan fingerprint density at radius 1 is 1.30 bits per heavy atom. The van der Waals surface area contributed by atoms with Crippen molar-refractivity contribution < 1.29 is 17.4 Å². The number of ketones is 1. The lowest BCUT2D eigenvalue weighted by Crippen LogP contribution is -2.11. The summed E-state index contributed by atoms with van der Waals surface area (Å²) in [4.78, 5) is 16.2. The molecular weight excluding hydrogens is 298 g/mol. The molecule has 2 rings (SSSR count). The molecule has 7 heteroatoms. The number of carbonyl (C=O) groups excluding carboxylic acids is 1. The fourth-order valence-corrected chi connectivity index (χ4v) is 2.96. The van der Waals surface area contributed by atoms with Crippen LogP contribution in [0, 0.1) is 0 Å². The molecule has 2 aromatic rings. The van der Waals surface area contributed by atoms with Crippen LogP contribution < -0.4 is 4.18 Å². The number of thioether (sulfide) groups is 1. The van der Waals surface area contributed by atoms with Gasteiger partial charge in [-0.15, -0.1) is 11.8 Å². The lowest BCUT2D eigenvalue weighted by Gasteiger charge is -2.13. The molecule has 0 aliphatic heterocycles. The molecule has 1 heterocycles. The van der Waals surface area contributed by atoms with Gasteiger partial charge in [0.25, 0.3) is 0 Å². The largest absolute Gasteiger partial charge is 0.381 e. The summed E-state index contributed by atoms with van der Waals surface area (Å²) in [6.45, 7) is 1.36. The third-order valence-electron chi connectivity index (χ3n) is 2.59. The normalized spacial score (nSPS) is 11.6. The summed E-state index contributed by atoms with van der Waals surface area (Å²) in [6, 6.07) is 6.95. The van der Waals surface area contributed by atoms with E-state index in [-0.39, 0.29) is 17.1 Å². The number of Topliss-reactive ketones (excluding diaryl/α,β-unsaturated/α-hetero) is 1. The molecule has 0 bridgehead atoms. The van der Waals surface area contributed by atoms with Crippen molar-refractivity contribution in [2.24, 2.45) is 0 Å². The Labute approximate surface area is 121 Å². The van der Waals surface area contributed by atoms with Crippen molar-refractivity contribution in [2.75, 3.05) is 12.5 Å². The Kier molecular flexibility index (Phi) is 4.01. The van der Waals surface area contributed by atoms with Gasteiger partial charge in [-0.1, -0.05) is 12.1 Å². The van der Waals surface area contributed by atoms with Crippen LogP contribution in [0.5, 0.6) is 5.75 Å². The number of hydrogen-bond acceptors (Lipinski definition) is 6. The number of carbonyl (C=O) groups is 1. The first-order chi connectivity index (χ1) is 9.33. The van der Waals surface area contributed by atoms with Gasteiger partial charge in [-0.25, -0.2) is 4.98 Å². The van der Waals surface area contributed by atoms with Crippen LogP contribution in [-0.2, 0) is 10.1 Å². The third-order valence-corrected chi connectivity index (χ3v) is 3.74. The van der Waals surface area contributed by atoms with Gasteiger partial charge < -0.3 is 4.18 Å². The van der Waals surface area contributed by atoms with Gasteiger partial charge in [0.15, 0.2) is 11.5 Å². The van der Waals surface area contributed by atoms with E-state index < -0.39 is 10.1 Å². The molecule has 0 saturated carbocycles. The Hall–Kier alpha value is -1.60. The van der Waals surface area contributed by atoms with E-state index in [1.165, 1.54) is 18.7 Å². The van der Waals surface area contributed by atoms with Crippen LogP contribution in [0.1, 0.15) is 17.3 Å². The second kappa shape index (κ2) is 5.41. The quantitative estimate of drug-likeness (QED) is 0.491. The molecule has 5 nitrogen and oxygen atoms in total. The van der Waals surface area contributed by atoms with E-state index in [2.05, 4.69) is 4.98 Å². The molecule has 20 heavy (non-hydrogen) atoms. The monoisotopic (exact) mass is 311 g/mol. The van der Waals surface area contributed by atoms with E-state index >= 15 is 0 Å². The predicted molar refractivity (Wildman–Crippen MR) is 79.0 cm³/mol. The van der Waals surface area contributed by atoms with Crippen molar-refractivity contribution in [1.29, 1.82) is 0 Å². The molecule has 0 saturated heterocycles. The number of nitrogens with zero attached hydrogens (tertiary/aromatic N) is 1. The first-order valence-electron chi connectivity index (χ1n) is 5.70. The van der Waals surface area contributed by atoms with Gasteiger partial charge in [-0.2, -0.15) is 8.42 Å². The minimum absolute atomic E-state index is 0.0509. The van der Waals surface area contributed by atoms with E-state index in [1.54, 1.807) is 30.5 Å². The van der Waals surface area contributed by atoms with Crippen molar-refractivity contribution in [3.63, 3.8) is 0 Å². The molecule has 1 aromatic carbocycles. The van der Waals surface area contributed by atoms with Gasteiger partial charge in [0.2, 0.25) is 0 Å². The molecule has 1 aromatic heterocycles. The fraction of sp³-hybridized carbons (Fsp3) is 0.231. The first-order valence-corrected chi connectivity index (χ1v) is 8.74. The maximum absolute atomic E-state index is 11.8. The summed E-state index contributed by atoms with van der Waals surface area (Å²) in [7, 11) is -3.74. The van der Waals surface area contributed by atoms with Gasteiger partial charge >= 0.3 is 10.1 Å². The summed E-state index contributed by atoms with van der Waals surface area (Å²) in [5.74, 6) is -0.235. The zero-order chi connectivity index (χ0) is 14.9. The Bertz CT molecular complexity index is 784. The molecule has 0 N–H and O–H groups in total. The van der Waals surface area contributed by atoms with Gasteiger partial charge in [0, 0.05) is 5.39 Å². The zero-order valence-electron chi connectivity index (χ0n) is 11.2. The number of aromatic nitrogens is 1. The Morgan fingerprint density at radius 2 is 1.95 bits per heavy atom. The Balaban J connectivity index is 2.90. The minimum Gasteiger partial charge on any atom is -0.381 e. The molecule has 0 spiro atoms. The predicted octanol–water partition coefficient (Wildman–Crippen LogP) is 2.50. The highest BCUT2D eigenvalue weighted by Crippen LogP contribution is 2.35. The summed E-state index contributed by atoms with van der Waals surface area (Å²) in [5, 5.41) is 0.954. The number of benzene rings is 1. The molecular formula is C13H13NO4S2. The molecule has 0 aliphatic rings. The third kappa shape index (κ3) is 2.94. The molecule has 0 atom stereocenters. The summed E-state index contributed by atoms with van der Waals surface area (Å²) in [6.07, 6.45) is 2.72. The van der Waals surface area contributed by atoms with Crippen molar-refractivity contribution in [2.45, 2.75) is 11.9 Å². The molecule has 0 radical (unpaired) electrons. The highest BCUT2D eigenvalue weighted by atomic mass is 32.2. The molecule has 106 valence electrons. The zero-order valence-corrected chi connectivity index (χ0v) is 12.8. The number of fused-ring (bicyclic) bond motifs is 1. The van der Waals surface area contributed by atoms with Gasteiger partial charge in [-0.05, 0) is 25.3 Å². The van der Waals surface area contributed by atoms with E-state index in [9.17, 15) is 13.2 Å². The molecule has 0 amide bonds. The lowest BCUT2D eigenvalue weighted by molar-refractivity contribution is 0.101. The first kappa shape index (κ1) is 14.8. The average Bonchev–Trinajstić information content (AvgIpc) is 2.36. The van der Waals surface area contributed by atoms with Crippen LogP contribution >= 0.6 is 11.8 Å². The topological polar surface area (TPSA) is 73.3 Å². The smallest absolute Gasteiger partial charge is 0.306 e. The number of pyridine rings is 1. The van der Waals surface area contributed by atoms with E-state index in [1.807, 2.05) is 0 Å². The molecule has 0 fully saturated rings. The highest BCUT2D eigenvalue weighted by Gasteiger charge is 2.22. The van der Waals surface area contributed by atoms with Crippen LogP contribution in [0.15, 0.2) is 29.3 Å². The van der Waals surface area contributed by atoms with E-state index in [0.717, 1.165) is 6.26 Å². The maximum atomic E-state index is 11.8. The van der Waals surface area contributed by atoms with Gasteiger partial charge in [0.05, 0.1) is 17.3 Å². The maximum Gasteiger partial charge on any atom is 0.306 e. The SMILES string of the molecule is CSc1nc2ccccc2c(OS(C)(=O)=O)c1C(C)=O. The van der Waals surface area contributed by atoms with Crippen molar-refractivity contribution in [3.8, 4) is 5.75 Å². The van der Waals surface area contributed by atoms with Crippen LogP contribution in [0.25, 0.3) is 10.9 Å². The van der Waals surface area contributed by atoms with Crippen molar-refractivity contribution >= 4 is 38.6 Å². The number of rotatable bonds is 4. The van der Waals surface area contributed by atoms with Crippen LogP contribution in [-0.4, -0.2) is 31.7 Å². The number of hydrogen-bond donors (Lipinski definition) is 0. The molecule has 0 unspecified atom stereocenters. The van der Waals surface area contributed by atoms with E-state index in [0.29, 0.717) is 15.9 Å². The lowest BCUT2D eigenvalue weighted by atomic mass is 10.1. The van der Waals surface area contributed by atoms with Crippen molar-refractivity contribution in [3.05, 3.63) is 29.8 Å². The standard InChI is InChI=1S/C13H13NO4S2/c1-8(15)11-12(18-20(3,16)17)9-6-4-5-7-10(9)14-13(11)19-2/h4-7H,1-3H3. The Morgan fingerprint density at radius 3 is 2.50 bits per heavy atom. The summed E-state index contributed by atoms with van der Waals surface area (Å²) < 4.78 is 28.0. The minimum atomic E-state index is -3.74. The highest BCUT2D eigenvalue weighted by molar-refractivity contribution is 7.98. The van der Waals surface area contributed by atoms with Crippen LogP contribution in [0.4, 0.5) is 0 Å². The second-order valence-corrected chi connectivity index (χ2v) is 6.56. The van der Waals surface area contributed by atoms with Crippen LogP contribution in [0.2, 0.25) is 0 Å². The summed E-state index contributed by atoms with van der Waals surface area (Å²) in [5.41, 5.74) is 0.780. The van der Waals surface area contributed by atoms with E-state index in [4.69, 9.17) is 4.18 Å². The van der Waals surface area contributed by atoms with Gasteiger partial charge in [-0.3, -0.25) is 4.79 Å². The number of para-hydroxylation sites is 1. The second-order valence-electron chi connectivity index (χ2n) is 4.19. The fourth-order valence-electron chi connectivity index (χ4n) is 1.86. The van der Waals surface area contributed by atoms with Crippen molar-refractivity contribution in [1.82, 2.24) is 4.98 Å². The summed E-state index contributed by atoms with van der Waals surface area (Å²) >= 11 is 1.27. The van der Waals surface area contributed by atoms with Gasteiger partial charge in [0.1, 0.15) is 5.03 Å². The van der Waals surface area contributed by atoms with Crippen LogP contribution in [0.3, 0.4) is 0 Å². The molecule has 0 aliphatic carbocycles.